The van der Waals surface area contributed by atoms with Gasteiger partial charge in [0, 0.05) is 58.1 Å². The summed E-state index contributed by atoms with van der Waals surface area (Å²) in [4.78, 5) is 20.9. The maximum Gasteiger partial charge on any atom is 0.319 e. The van der Waals surface area contributed by atoms with Crippen LogP contribution in [0.1, 0.15) is 38.2 Å². The monoisotopic (exact) mass is 336 g/mol. The largest absolute Gasteiger partial charge is 0.383 e. The maximum absolute atomic E-state index is 12.4. The minimum atomic E-state index is 0.191. The molecule has 0 bridgehead atoms. The molecule has 1 aromatic heterocycles. The van der Waals surface area contributed by atoms with E-state index in [-0.39, 0.29) is 6.03 Å². The van der Waals surface area contributed by atoms with Crippen LogP contribution in [0.3, 0.4) is 0 Å². The number of carbonyl (C=O) groups is 1. The van der Waals surface area contributed by atoms with E-state index in [0.717, 1.165) is 57.8 Å². The highest BCUT2D eigenvalue weighted by atomic mass is 16.5. The molecule has 2 rings (SSSR count). The number of nitrogens with zero attached hydrogens (tertiary/aromatic N) is 4. The average molecular weight is 336 g/mol. The lowest BCUT2D eigenvalue weighted by molar-refractivity contribution is 0.135. The number of rotatable bonds is 7. The molecule has 0 N–H and O–H groups in total. The van der Waals surface area contributed by atoms with Gasteiger partial charge in [-0.3, -0.25) is 0 Å². The van der Waals surface area contributed by atoms with Gasteiger partial charge in [0.2, 0.25) is 0 Å². The third-order valence-corrected chi connectivity index (χ3v) is 5.05. The first-order valence-corrected chi connectivity index (χ1v) is 9.14. The zero-order valence-corrected chi connectivity index (χ0v) is 15.6. The van der Waals surface area contributed by atoms with Crippen LogP contribution >= 0.6 is 0 Å². The molecular formula is C18H32N4O2. The Bertz CT molecular complexity index is 517. The van der Waals surface area contributed by atoms with Gasteiger partial charge in [0.15, 0.2) is 0 Å². The lowest BCUT2D eigenvalue weighted by Gasteiger charge is -2.35. The molecule has 0 radical (unpaired) electrons. The molecule has 0 atom stereocenters. The Morgan fingerprint density at radius 1 is 1.33 bits per heavy atom. The second-order valence-corrected chi connectivity index (χ2v) is 6.55. The minimum absolute atomic E-state index is 0.191. The van der Waals surface area contributed by atoms with E-state index in [1.807, 2.05) is 29.8 Å². The predicted molar refractivity (Wildman–Crippen MR) is 95.2 cm³/mol. The molecule has 0 aliphatic carbocycles. The van der Waals surface area contributed by atoms with Gasteiger partial charge in [-0.2, -0.15) is 0 Å². The zero-order chi connectivity index (χ0) is 17.5. The van der Waals surface area contributed by atoms with Crippen molar-refractivity contribution in [2.24, 2.45) is 5.92 Å². The Kier molecular flexibility index (Phi) is 7.09. The third-order valence-electron chi connectivity index (χ3n) is 5.05. The van der Waals surface area contributed by atoms with Crippen LogP contribution in [0, 0.1) is 12.8 Å². The van der Waals surface area contributed by atoms with Crippen molar-refractivity contribution in [1.82, 2.24) is 19.4 Å². The minimum Gasteiger partial charge on any atom is -0.383 e. The highest BCUT2D eigenvalue weighted by Crippen LogP contribution is 2.22. The summed E-state index contributed by atoms with van der Waals surface area (Å²) >= 11 is 0. The molecule has 0 spiro atoms. The van der Waals surface area contributed by atoms with Crippen molar-refractivity contribution in [3.05, 3.63) is 17.7 Å². The third kappa shape index (κ3) is 4.50. The molecule has 136 valence electrons. The van der Waals surface area contributed by atoms with Gasteiger partial charge in [0.1, 0.15) is 5.82 Å². The summed E-state index contributed by atoms with van der Waals surface area (Å²) in [7, 11) is 1.73. The van der Waals surface area contributed by atoms with Crippen LogP contribution in [0.2, 0.25) is 0 Å². The first-order valence-electron chi connectivity index (χ1n) is 9.14. The molecule has 1 aliphatic rings. The number of hydrogen-bond donors (Lipinski definition) is 0. The van der Waals surface area contributed by atoms with Crippen LogP contribution in [0.25, 0.3) is 0 Å². The Balaban J connectivity index is 1.88. The topological polar surface area (TPSA) is 50.6 Å². The number of amides is 2. The van der Waals surface area contributed by atoms with E-state index < -0.39 is 0 Å². The van der Waals surface area contributed by atoms with Crippen molar-refractivity contribution in [3.63, 3.8) is 0 Å². The van der Waals surface area contributed by atoms with Crippen molar-refractivity contribution in [2.75, 3.05) is 39.9 Å². The van der Waals surface area contributed by atoms with Gasteiger partial charge >= 0.3 is 6.03 Å². The summed E-state index contributed by atoms with van der Waals surface area (Å²) in [5.41, 5.74) is 1.19. The first-order chi connectivity index (χ1) is 11.6. The van der Waals surface area contributed by atoms with Crippen molar-refractivity contribution < 1.29 is 9.53 Å². The van der Waals surface area contributed by atoms with Gasteiger partial charge in [-0.05, 0) is 39.5 Å². The quantitative estimate of drug-likeness (QED) is 0.769. The summed E-state index contributed by atoms with van der Waals surface area (Å²) in [6, 6.07) is 0.191. The fourth-order valence-electron chi connectivity index (χ4n) is 3.44. The van der Waals surface area contributed by atoms with E-state index in [2.05, 4.69) is 16.5 Å². The fraction of sp³-hybridized carbons (Fsp3) is 0.778. The molecule has 0 aromatic carbocycles. The van der Waals surface area contributed by atoms with Crippen molar-refractivity contribution in [1.29, 1.82) is 0 Å². The summed E-state index contributed by atoms with van der Waals surface area (Å²) in [5.74, 6) is 1.76. The normalized spacial score (nSPS) is 15.8. The van der Waals surface area contributed by atoms with Gasteiger partial charge in [-0.1, -0.05) is 0 Å². The van der Waals surface area contributed by atoms with Gasteiger partial charge < -0.3 is 19.1 Å². The number of ether oxygens (including phenoxy) is 1. The van der Waals surface area contributed by atoms with Crippen LogP contribution in [0.5, 0.6) is 0 Å². The Morgan fingerprint density at radius 3 is 2.58 bits per heavy atom. The fourth-order valence-corrected chi connectivity index (χ4v) is 3.44. The van der Waals surface area contributed by atoms with Crippen LogP contribution < -0.4 is 0 Å². The lowest BCUT2D eigenvalue weighted by Crippen LogP contribution is -2.46. The number of urea groups is 1. The number of methoxy groups -OCH3 is 1. The molecule has 1 aromatic rings. The number of aromatic nitrogens is 2. The Labute approximate surface area is 145 Å². The van der Waals surface area contributed by atoms with E-state index in [1.54, 1.807) is 7.11 Å². The van der Waals surface area contributed by atoms with E-state index in [0.29, 0.717) is 12.5 Å². The smallest absolute Gasteiger partial charge is 0.319 e. The predicted octanol–water partition coefficient (Wildman–Crippen LogP) is 2.55. The van der Waals surface area contributed by atoms with E-state index >= 15 is 0 Å². The summed E-state index contributed by atoms with van der Waals surface area (Å²) < 4.78 is 7.46. The second-order valence-electron chi connectivity index (χ2n) is 6.55. The van der Waals surface area contributed by atoms with Crippen LogP contribution in [-0.2, 0) is 17.7 Å². The molecule has 0 saturated carbocycles. The van der Waals surface area contributed by atoms with Crippen molar-refractivity contribution >= 4 is 6.03 Å². The molecule has 6 heteroatoms. The van der Waals surface area contributed by atoms with Gasteiger partial charge in [-0.25, -0.2) is 9.78 Å². The highest BCUT2D eigenvalue weighted by molar-refractivity contribution is 5.74. The summed E-state index contributed by atoms with van der Waals surface area (Å²) in [6.07, 6.45) is 5.06. The molecule has 1 aliphatic heterocycles. The molecule has 0 unspecified atom stereocenters. The molecule has 6 nitrogen and oxygen atoms in total. The lowest BCUT2D eigenvalue weighted by atomic mass is 9.93. The molecule has 2 amide bonds. The molecule has 24 heavy (non-hydrogen) atoms. The van der Waals surface area contributed by atoms with Gasteiger partial charge in [0.05, 0.1) is 6.61 Å². The highest BCUT2D eigenvalue weighted by Gasteiger charge is 2.26. The van der Waals surface area contributed by atoms with E-state index in [1.165, 1.54) is 5.69 Å². The number of aryl methyl sites for hydroxylation is 1. The molecular weight excluding hydrogens is 304 g/mol. The van der Waals surface area contributed by atoms with Crippen molar-refractivity contribution in [3.8, 4) is 0 Å². The SMILES string of the molecule is CCN(CC)C(=O)N1CCC(Cc2ncc(C)n2CCOC)CC1. The number of likely N-dealkylation sites (tertiary alicyclic amines) is 1. The Hall–Kier alpha value is -1.56. The average Bonchev–Trinajstić information content (AvgIpc) is 2.94. The van der Waals surface area contributed by atoms with Gasteiger partial charge in [-0.15, -0.1) is 0 Å². The van der Waals surface area contributed by atoms with Crippen LogP contribution in [0.15, 0.2) is 6.20 Å². The summed E-state index contributed by atoms with van der Waals surface area (Å²) in [5, 5.41) is 0. The first kappa shape index (κ1) is 18.8. The summed E-state index contributed by atoms with van der Waals surface area (Å²) in [6.45, 7) is 11.0. The molecule has 1 fully saturated rings. The number of imidazole rings is 1. The van der Waals surface area contributed by atoms with E-state index in [9.17, 15) is 4.79 Å². The number of carbonyl (C=O) groups excluding carboxylic acids is 1. The Morgan fingerprint density at radius 2 is 2.00 bits per heavy atom. The van der Waals surface area contributed by atoms with E-state index in [4.69, 9.17) is 4.74 Å². The molecule has 1 saturated heterocycles. The maximum atomic E-state index is 12.4. The van der Waals surface area contributed by atoms with Crippen LogP contribution in [-0.4, -0.2) is 65.3 Å². The van der Waals surface area contributed by atoms with Gasteiger partial charge in [0.25, 0.3) is 0 Å². The number of hydrogen-bond acceptors (Lipinski definition) is 3. The standard InChI is InChI=1S/C18H32N4O2/c1-5-20(6-2)18(23)21-9-7-16(8-10-21)13-17-19-14-15(3)22(17)11-12-24-4/h14,16H,5-13H2,1-4H3. The van der Waals surface area contributed by atoms with Crippen LogP contribution in [0.4, 0.5) is 4.79 Å². The zero-order valence-electron chi connectivity index (χ0n) is 15.6. The molecule has 2 heterocycles. The number of piperidine rings is 1. The van der Waals surface area contributed by atoms with Crippen molar-refractivity contribution in [2.45, 2.75) is 46.6 Å². The second kappa shape index (κ2) is 9.06.